The average Bonchev–Trinajstić information content (AvgIpc) is 3.55. The van der Waals surface area contributed by atoms with Crippen molar-refractivity contribution in [2.24, 2.45) is 0 Å². The molecule has 1 aliphatic carbocycles. The number of alkyl halides is 3. The summed E-state index contributed by atoms with van der Waals surface area (Å²) in [6, 6.07) is 5.65. The Hall–Kier alpha value is -3.41. The van der Waals surface area contributed by atoms with Crippen LogP contribution >= 0.6 is 0 Å². The van der Waals surface area contributed by atoms with Gasteiger partial charge in [0.05, 0.1) is 18.3 Å². The Morgan fingerprint density at radius 1 is 1.11 bits per heavy atom. The van der Waals surface area contributed by atoms with Crippen molar-refractivity contribution in [3.63, 3.8) is 0 Å². The van der Waals surface area contributed by atoms with Gasteiger partial charge in [0.25, 0.3) is 6.43 Å². The van der Waals surface area contributed by atoms with Crippen LogP contribution in [-0.4, -0.2) is 78.9 Å². The predicted octanol–water partition coefficient (Wildman–Crippen LogP) is 3.74. The predicted molar refractivity (Wildman–Crippen MR) is 131 cm³/mol. The van der Waals surface area contributed by atoms with Gasteiger partial charge in [0.1, 0.15) is 23.0 Å². The zero-order chi connectivity index (χ0) is 25.0. The fourth-order valence-corrected chi connectivity index (χ4v) is 5.12. The quantitative estimate of drug-likeness (QED) is 0.401. The van der Waals surface area contributed by atoms with Crippen LogP contribution in [-0.2, 0) is 6.54 Å². The molecule has 0 aromatic carbocycles. The van der Waals surface area contributed by atoms with Crippen molar-refractivity contribution >= 4 is 28.4 Å². The van der Waals surface area contributed by atoms with Gasteiger partial charge < -0.3 is 15.2 Å². The highest BCUT2D eigenvalue weighted by molar-refractivity contribution is 5.89. The van der Waals surface area contributed by atoms with Gasteiger partial charge in [-0.05, 0) is 44.4 Å². The standard InChI is InChI=1S/C24H28F3N9/c1-13-29-19-6-5-17(30-23(19)35(13)12-20(26)27)15-7-10-36-21(15)22(28-2)32-24(33-36)31-18-8-9-34(11-16(18)25)14-3-4-14/h5-7,10,14,16,18,20H,3-4,8-9,11-12H2,1-2H3,(H2,28,31,32,33)/t16-,18+/m0/s1. The molecule has 5 heterocycles. The molecule has 2 atom stereocenters. The number of piperidine rings is 1. The lowest BCUT2D eigenvalue weighted by molar-refractivity contribution is 0.120. The van der Waals surface area contributed by atoms with Gasteiger partial charge in [0.2, 0.25) is 5.95 Å². The van der Waals surface area contributed by atoms with E-state index in [4.69, 9.17) is 0 Å². The Morgan fingerprint density at radius 3 is 2.67 bits per heavy atom. The Balaban J connectivity index is 1.32. The van der Waals surface area contributed by atoms with E-state index in [2.05, 4.69) is 35.6 Å². The van der Waals surface area contributed by atoms with Crippen LogP contribution in [0.1, 0.15) is 25.1 Å². The monoisotopic (exact) mass is 499 g/mol. The molecular formula is C24H28F3N9. The van der Waals surface area contributed by atoms with Gasteiger partial charge in [0, 0.05) is 37.9 Å². The van der Waals surface area contributed by atoms with E-state index in [-0.39, 0.29) is 6.04 Å². The second-order valence-electron chi connectivity index (χ2n) is 9.54. The lowest BCUT2D eigenvalue weighted by atomic mass is 10.0. The SMILES string of the molecule is CNc1nc(N[C@@H]2CCN(C3CC3)C[C@@H]2F)nn2ccc(-c3ccc4nc(C)n(CC(F)F)c4n3)c12. The van der Waals surface area contributed by atoms with E-state index in [0.717, 1.165) is 12.1 Å². The summed E-state index contributed by atoms with van der Waals surface area (Å²) in [4.78, 5) is 15.9. The highest BCUT2D eigenvalue weighted by atomic mass is 19.3. The number of hydrogen-bond donors (Lipinski definition) is 2. The van der Waals surface area contributed by atoms with Crippen LogP contribution in [0.4, 0.5) is 24.9 Å². The summed E-state index contributed by atoms with van der Waals surface area (Å²) >= 11 is 0. The Labute approximate surface area is 205 Å². The molecule has 2 N–H and O–H groups in total. The molecule has 2 fully saturated rings. The number of fused-ring (bicyclic) bond motifs is 2. The second-order valence-corrected chi connectivity index (χ2v) is 9.54. The molecule has 0 amide bonds. The number of rotatable bonds is 7. The van der Waals surface area contributed by atoms with Gasteiger partial charge in [-0.15, -0.1) is 5.10 Å². The van der Waals surface area contributed by atoms with E-state index in [9.17, 15) is 13.2 Å². The fraction of sp³-hybridized carbons (Fsp3) is 0.500. The Morgan fingerprint density at radius 2 is 1.94 bits per heavy atom. The normalized spacial score (nSPS) is 21.1. The van der Waals surface area contributed by atoms with E-state index >= 15 is 0 Å². The maximum atomic E-state index is 14.9. The van der Waals surface area contributed by atoms with E-state index in [1.54, 1.807) is 30.8 Å². The minimum absolute atomic E-state index is 0.343. The van der Waals surface area contributed by atoms with Crippen LogP contribution in [0.25, 0.3) is 27.9 Å². The number of aromatic nitrogens is 6. The third-order valence-corrected chi connectivity index (χ3v) is 7.08. The van der Waals surface area contributed by atoms with Gasteiger partial charge in [0.15, 0.2) is 11.5 Å². The first-order chi connectivity index (χ1) is 17.4. The highest BCUT2D eigenvalue weighted by Gasteiger charge is 2.37. The molecule has 190 valence electrons. The van der Waals surface area contributed by atoms with Gasteiger partial charge in [-0.3, -0.25) is 4.90 Å². The first-order valence-electron chi connectivity index (χ1n) is 12.3. The molecule has 0 radical (unpaired) electrons. The molecule has 12 heteroatoms. The van der Waals surface area contributed by atoms with Gasteiger partial charge in [-0.25, -0.2) is 27.7 Å². The maximum absolute atomic E-state index is 14.9. The third kappa shape index (κ3) is 4.12. The molecule has 0 unspecified atom stereocenters. The minimum Gasteiger partial charge on any atom is -0.371 e. The molecule has 9 nitrogen and oxygen atoms in total. The van der Waals surface area contributed by atoms with Crippen LogP contribution in [0, 0.1) is 6.92 Å². The van der Waals surface area contributed by atoms with Crippen LogP contribution in [0.15, 0.2) is 24.4 Å². The number of likely N-dealkylation sites (tertiary alicyclic amines) is 1. The number of nitrogens with one attached hydrogen (secondary N) is 2. The van der Waals surface area contributed by atoms with E-state index < -0.39 is 19.1 Å². The molecule has 4 aromatic rings. The number of pyridine rings is 1. The van der Waals surface area contributed by atoms with Crippen molar-refractivity contribution in [1.29, 1.82) is 0 Å². The lowest BCUT2D eigenvalue weighted by Crippen LogP contribution is -2.48. The number of halogens is 3. The summed E-state index contributed by atoms with van der Waals surface area (Å²) in [5.74, 6) is 1.38. The summed E-state index contributed by atoms with van der Waals surface area (Å²) in [6.07, 6.45) is 1.32. The first-order valence-corrected chi connectivity index (χ1v) is 12.3. The number of anilines is 2. The molecule has 2 aliphatic rings. The largest absolute Gasteiger partial charge is 0.371 e. The van der Waals surface area contributed by atoms with E-state index in [1.165, 1.54) is 17.4 Å². The maximum Gasteiger partial charge on any atom is 0.256 e. The summed E-state index contributed by atoms with van der Waals surface area (Å²) in [5, 5.41) is 10.9. The zero-order valence-electron chi connectivity index (χ0n) is 20.1. The number of hydrogen-bond acceptors (Lipinski definition) is 7. The molecule has 1 aliphatic heterocycles. The Bertz CT molecular complexity index is 1410. The van der Waals surface area contributed by atoms with Crippen molar-refractivity contribution in [1.82, 2.24) is 34.0 Å². The van der Waals surface area contributed by atoms with Gasteiger partial charge >= 0.3 is 0 Å². The molecule has 6 rings (SSSR count). The summed E-state index contributed by atoms with van der Waals surface area (Å²) < 4.78 is 44.3. The smallest absolute Gasteiger partial charge is 0.256 e. The summed E-state index contributed by atoms with van der Waals surface area (Å²) in [7, 11) is 1.76. The number of aryl methyl sites for hydroxylation is 1. The molecule has 0 spiro atoms. The van der Waals surface area contributed by atoms with Gasteiger partial charge in [-0.2, -0.15) is 4.98 Å². The summed E-state index contributed by atoms with van der Waals surface area (Å²) in [5.41, 5.74) is 2.99. The van der Waals surface area contributed by atoms with Crippen molar-refractivity contribution in [2.45, 2.75) is 57.4 Å². The minimum atomic E-state index is -2.51. The molecular weight excluding hydrogens is 471 g/mol. The Kier molecular flexibility index (Phi) is 5.70. The highest BCUT2D eigenvalue weighted by Crippen LogP contribution is 2.32. The zero-order valence-corrected chi connectivity index (χ0v) is 20.1. The molecule has 1 saturated carbocycles. The van der Waals surface area contributed by atoms with Crippen LogP contribution in [0.5, 0.6) is 0 Å². The molecule has 0 bridgehead atoms. The topological polar surface area (TPSA) is 88.2 Å². The van der Waals surface area contributed by atoms with Crippen LogP contribution in [0.2, 0.25) is 0 Å². The van der Waals surface area contributed by atoms with Crippen LogP contribution < -0.4 is 10.6 Å². The van der Waals surface area contributed by atoms with Crippen molar-refractivity contribution in [3.8, 4) is 11.3 Å². The van der Waals surface area contributed by atoms with Crippen molar-refractivity contribution in [2.75, 3.05) is 30.8 Å². The van der Waals surface area contributed by atoms with E-state index in [1.807, 2.05) is 12.1 Å². The molecule has 4 aromatic heterocycles. The fourth-order valence-electron chi connectivity index (χ4n) is 5.12. The van der Waals surface area contributed by atoms with Crippen molar-refractivity contribution < 1.29 is 13.2 Å². The first kappa shape index (κ1) is 23.0. The van der Waals surface area contributed by atoms with Crippen LogP contribution in [0.3, 0.4) is 0 Å². The second kappa shape index (κ2) is 8.91. The molecule has 36 heavy (non-hydrogen) atoms. The number of nitrogens with zero attached hydrogens (tertiary/aromatic N) is 7. The van der Waals surface area contributed by atoms with Gasteiger partial charge in [-0.1, -0.05) is 0 Å². The van der Waals surface area contributed by atoms with E-state index in [0.29, 0.717) is 59.0 Å². The number of imidazole rings is 1. The van der Waals surface area contributed by atoms with Crippen molar-refractivity contribution in [3.05, 3.63) is 30.2 Å². The average molecular weight is 500 g/mol. The lowest BCUT2D eigenvalue weighted by Gasteiger charge is -2.35. The molecule has 1 saturated heterocycles. The summed E-state index contributed by atoms with van der Waals surface area (Å²) in [6.45, 7) is 2.53. The third-order valence-electron chi connectivity index (χ3n) is 7.08.